The molecule has 18 heavy (non-hydrogen) atoms. The molecule has 96 valence electrons. The number of nitrogens with two attached hydrogens (primary N) is 1. The van der Waals surface area contributed by atoms with Crippen LogP contribution in [0.15, 0.2) is 22.4 Å². The summed E-state index contributed by atoms with van der Waals surface area (Å²) in [4.78, 5) is 2.25. The molecule has 0 aliphatic carbocycles. The number of thiophene rings is 1. The lowest BCUT2D eigenvalue weighted by atomic mass is 10.2. The Morgan fingerprint density at radius 1 is 1.28 bits per heavy atom. The molecule has 0 saturated heterocycles. The quantitative estimate of drug-likeness (QED) is 0.651. The number of nitrogens with one attached hydrogen (secondary N) is 1. The van der Waals surface area contributed by atoms with Gasteiger partial charge in [0.1, 0.15) is 11.5 Å². The van der Waals surface area contributed by atoms with Crippen LogP contribution in [0.2, 0.25) is 0 Å². The van der Waals surface area contributed by atoms with Crippen molar-refractivity contribution in [3.8, 4) is 0 Å². The van der Waals surface area contributed by atoms with Crippen LogP contribution in [0.25, 0.3) is 0 Å². The van der Waals surface area contributed by atoms with E-state index in [-0.39, 0.29) is 5.69 Å². The van der Waals surface area contributed by atoms with Gasteiger partial charge in [0.25, 0.3) is 0 Å². The largest absolute Gasteiger partial charge is 0.394 e. The zero-order chi connectivity index (χ0) is 13.3. The predicted molar refractivity (Wildman–Crippen MR) is 74.0 cm³/mol. The van der Waals surface area contributed by atoms with Crippen LogP contribution in [0.1, 0.15) is 10.4 Å². The number of aryl methyl sites for hydroxylation is 1. The second-order valence-corrected chi connectivity index (χ2v) is 5.74. The third kappa shape index (κ3) is 2.44. The summed E-state index contributed by atoms with van der Waals surface area (Å²) >= 11 is 2.93. The van der Waals surface area contributed by atoms with E-state index in [9.17, 15) is 8.78 Å². The van der Waals surface area contributed by atoms with E-state index in [4.69, 9.17) is 5.73 Å². The summed E-state index contributed by atoms with van der Waals surface area (Å²) in [6.07, 6.45) is 0. The minimum Gasteiger partial charge on any atom is -0.394 e. The molecule has 3 N–H and O–H groups in total. The van der Waals surface area contributed by atoms with E-state index >= 15 is 0 Å². The van der Waals surface area contributed by atoms with Crippen molar-refractivity contribution in [2.24, 2.45) is 0 Å². The molecule has 0 radical (unpaired) electrons. The van der Waals surface area contributed by atoms with Crippen LogP contribution >= 0.6 is 23.3 Å². The van der Waals surface area contributed by atoms with Gasteiger partial charge in [-0.15, -0.1) is 11.3 Å². The first kappa shape index (κ1) is 13.2. The van der Waals surface area contributed by atoms with E-state index in [1.54, 1.807) is 11.3 Å². The second-order valence-electron chi connectivity index (χ2n) is 3.81. The van der Waals surface area contributed by atoms with Gasteiger partial charge in [0.15, 0.2) is 5.82 Å². The van der Waals surface area contributed by atoms with Crippen LogP contribution in [0.4, 0.5) is 20.2 Å². The van der Waals surface area contributed by atoms with Crippen molar-refractivity contribution >= 4 is 34.7 Å². The Bertz CT molecular complexity index is 582. The molecule has 1 aromatic carbocycles. The fourth-order valence-electron chi connectivity index (χ4n) is 1.35. The summed E-state index contributed by atoms with van der Waals surface area (Å²) in [5.41, 5.74) is 6.17. The van der Waals surface area contributed by atoms with Crippen molar-refractivity contribution < 1.29 is 8.78 Å². The minimum absolute atomic E-state index is 0.183. The van der Waals surface area contributed by atoms with Gasteiger partial charge in [0.05, 0.1) is 5.69 Å². The Balaban J connectivity index is 2.16. The minimum atomic E-state index is -0.757. The highest BCUT2D eigenvalue weighted by Gasteiger charge is 2.11. The molecule has 0 atom stereocenters. The summed E-state index contributed by atoms with van der Waals surface area (Å²) < 4.78 is 29.5. The Hall–Kier alpha value is -1.27. The normalized spacial score (nSPS) is 10.7. The number of halogens is 2. The number of rotatable bonds is 3. The number of hydrogen-bond acceptors (Lipinski definition) is 4. The summed E-state index contributed by atoms with van der Waals surface area (Å²) in [6.45, 7) is 4.03. The Kier molecular flexibility index (Phi) is 3.77. The fourth-order valence-corrected chi connectivity index (χ4v) is 3.18. The van der Waals surface area contributed by atoms with Gasteiger partial charge >= 0.3 is 0 Å². The van der Waals surface area contributed by atoms with E-state index in [1.807, 2.05) is 19.2 Å². The lowest BCUT2D eigenvalue weighted by Gasteiger charge is -2.08. The maximum absolute atomic E-state index is 13.6. The van der Waals surface area contributed by atoms with Gasteiger partial charge in [-0.2, -0.15) is 0 Å². The first-order valence-corrected chi connectivity index (χ1v) is 6.91. The average Bonchev–Trinajstić information content (AvgIpc) is 2.67. The third-order valence-corrected chi connectivity index (χ3v) is 4.77. The molecule has 0 spiro atoms. The first-order chi connectivity index (χ1) is 8.50. The second kappa shape index (κ2) is 5.16. The molecule has 2 nitrogen and oxygen atoms in total. The van der Waals surface area contributed by atoms with E-state index in [1.165, 1.54) is 22.9 Å². The zero-order valence-electron chi connectivity index (χ0n) is 9.88. The van der Waals surface area contributed by atoms with Crippen molar-refractivity contribution in [1.82, 2.24) is 0 Å². The third-order valence-electron chi connectivity index (χ3n) is 2.64. The van der Waals surface area contributed by atoms with Crippen LogP contribution in [0.3, 0.4) is 0 Å². The molecule has 0 unspecified atom stereocenters. The Labute approximate surface area is 112 Å². The molecule has 0 saturated carbocycles. The summed E-state index contributed by atoms with van der Waals surface area (Å²) in [5.74, 6) is -1.50. The molecule has 0 fully saturated rings. The van der Waals surface area contributed by atoms with Crippen LogP contribution in [-0.4, -0.2) is 0 Å². The van der Waals surface area contributed by atoms with Crippen LogP contribution < -0.4 is 10.5 Å². The number of hydrogen-bond donors (Lipinski definition) is 2. The van der Waals surface area contributed by atoms with Crippen molar-refractivity contribution in [3.05, 3.63) is 39.6 Å². The molecule has 2 rings (SSSR count). The van der Waals surface area contributed by atoms with Gasteiger partial charge in [-0.05, 0) is 43.5 Å². The van der Waals surface area contributed by atoms with Crippen molar-refractivity contribution in [3.63, 3.8) is 0 Å². The number of nitrogen functional groups attached to an aromatic ring is 1. The van der Waals surface area contributed by atoms with Crippen molar-refractivity contribution in [2.45, 2.75) is 18.7 Å². The van der Waals surface area contributed by atoms with Gasteiger partial charge in [-0.25, -0.2) is 8.78 Å². The van der Waals surface area contributed by atoms with E-state index in [0.29, 0.717) is 0 Å². The Morgan fingerprint density at radius 2 is 2.00 bits per heavy atom. The maximum Gasteiger partial charge on any atom is 0.172 e. The molecule has 2 aromatic rings. The SMILES string of the molecule is Cc1scc(SNc2ccc(F)c(N)c2F)c1C. The lowest BCUT2D eigenvalue weighted by molar-refractivity contribution is 0.595. The fraction of sp³-hybridized carbons (Fsp3) is 0.167. The highest BCUT2D eigenvalue weighted by molar-refractivity contribution is 8.00. The standard InChI is InChI=1S/C12H12F2N2S2/c1-6-7(2)17-5-10(6)18-16-9-4-3-8(13)12(15)11(9)14/h3-5,16H,15H2,1-2H3. The van der Waals surface area contributed by atoms with Crippen LogP contribution in [0, 0.1) is 25.5 Å². The highest BCUT2D eigenvalue weighted by atomic mass is 32.2. The molecular weight excluding hydrogens is 274 g/mol. The van der Waals surface area contributed by atoms with Gasteiger partial charge in [-0.3, -0.25) is 0 Å². The Morgan fingerprint density at radius 3 is 2.61 bits per heavy atom. The summed E-state index contributed by atoms with van der Waals surface area (Å²) in [6, 6.07) is 2.48. The zero-order valence-corrected chi connectivity index (χ0v) is 11.5. The number of benzene rings is 1. The first-order valence-electron chi connectivity index (χ1n) is 5.21. The van der Waals surface area contributed by atoms with E-state index in [2.05, 4.69) is 4.72 Å². The molecular formula is C12H12F2N2S2. The van der Waals surface area contributed by atoms with Crippen molar-refractivity contribution in [2.75, 3.05) is 10.5 Å². The summed E-state index contributed by atoms with van der Waals surface area (Å²) in [7, 11) is 0. The summed E-state index contributed by atoms with van der Waals surface area (Å²) in [5, 5.41) is 1.99. The van der Waals surface area contributed by atoms with Gasteiger partial charge in [-0.1, -0.05) is 0 Å². The molecule has 1 heterocycles. The number of anilines is 2. The van der Waals surface area contributed by atoms with Crippen LogP contribution in [0.5, 0.6) is 0 Å². The molecule has 0 aliphatic heterocycles. The van der Waals surface area contributed by atoms with E-state index < -0.39 is 17.3 Å². The monoisotopic (exact) mass is 286 g/mol. The molecule has 6 heteroatoms. The van der Waals surface area contributed by atoms with Crippen LogP contribution in [-0.2, 0) is 0 Å². The highest BCUT2D eigenvalue weighted by Crippen LogP contribution is 2.32. The smallest absolute Gasteiger partial charge is 0.172 e. The average molecular weight is 286 g/mol. The molecule has 0 bridgehead atoms. The van der Waals surface area contributed by atoms with Gasteiger partial charge in [0.2, 0.25) is 0 Å². The van der Waals surface area contributed by atoms with E-state index in [0.717, 1.165) is 16.5 Å². The predicted octanol–water partition coefficient (Wildman–Crippen LogP) is 4.34. The lowest BCUT2D eigenvalue weighted by Crippen LogP contribution is -1.99. The van der Waals surface area contributed by atoms with Gasteiger partial charge < -0.3 is 10.5 Å². The van der Waals surface area contributed by atoms with Gasteiger partial charge in [0, 0.05) is 15.2 Å². The molecule has 0 amide bonds. The topological polar surface area (TPSA) is 38.0 Å². The van der Waals surface area contributed by atoms with Crippen molar-refractivity contribution in [1.29, 1.82) is 0 Å². The maximum atomic E-state index is 13.6. The molecule has 0 aliphatic rings. The molecule has 1 aromatic heterocycles.